The molecular weight excluding hydrogens is 539 g/mol. The lowest BCUT2D eigenvalue weighted by Crippen LogP contribution is -2.63. The number of halogens is 4. The van der Waals surface area contributed by atoms with Gasteiger partial charge in [-0.25, -0.2) is 0 Å². The largest absolute Gasteiger partial charge is 0.416 e. The Morgan fingerprint density at radius 2 is 1.69 bits per heavy atom. The van der Waals surface area contributed by atoms with Crippen molar-refractivity contribution in [1.82, 2.24) is 15.1 Å². The number of fused-ring (bicyclic) bond motifs is 2. The molecule has 3 amide bonds. The third-order valence-corrected chi connectivity index (χ3v) is 8.14. The maximum atomic E-state index is 14.0. The van der Waals surface area contributed by atoms with Crippen LogP contribution in [-0.2, 0) is 27.1 Å². The lowest BCUT2D eigenvalue weighted by Gasteiger charge is -2.42. The number of alkyl halides is 3. The van der Waals surface area contributed by atoms with E-state index in [1.54, 1.807) is 11.8 Å². The van der Waals surface area contributed by atoms with Gasteiger partial charge in [-0.3, -0.25) is 24.6 Å². The molecule has 3 aliphatic heterocycles. The van der Waals surface area contributed by atoms with E-state index in [4.69, 9.17) is 0 Å². The summed E-state index contributed by atoms with van der Waals surface area (Å²) in [6, 6.07) is 11.5. The molecule has 5 rings (SSSR count). The van der Waals surface area contributed by atoms with Crippen LogP contribution in [0.4, 0.5) is 13.2 Å². The summed E-state index contributed by atoms with van der Waals surface area (Å²) in [7, 11) is 0. The molecule has 0 radical (unpaired) electrons. The third kappa shape index (κ3) is 3.94. The summed E-state index contributed by atoms with van der Waals surface area (Å²) in [4.78, 5) is 43.7. The highest BCUT2D eigenvalue weighted by Crippen LogP contribution is 2.52. The molecule has 10 heteroatoms. The maximum Gasteiger partial charge on any atom is 0.416 e. The van der Waals surface area contributed by atoms with E-state index in [0.29, 0.717) is 31.5 Å². The van der Waals surface area contributed by atoms with Crippen LogP contribution >= 0.6 is 15.9 Å². The number of imide groups is 1. The molecule has 0 aromatic heterocycles. The monoisotopic (exact) mass is 563 g/mol. The predicted molar refractivity (Wildman–Crippen MR) is 128 cm³/mol. The van der Waals surface area contributed by atoms with Crippen LogP contribution in [0, 0.1) is 11.8 Å². The van der Waals surface area contributed by atoms with Gasteiger partial charge in [-0.2, -0.15) is 13.2 Å². The molecule has 2 aromatic carbocycles. The first-order chi connectivity index (χ1) is 17.1. The fourth-order valence-corrected chi connectivity index (χ4v) is 6.23. The molecule has 3 fully saturated rings. The fourth-order valence-electron chi connectivity index (χ4n) is 5.97. The first-order valence-corrected chi connectivity index (χ1v) is 12.7. The van der Waals surface area contributed by atoms with Gasteiger partial charge in [0.25, 0.3) is 0 Å². The van der Waals surface area contributed by atoms with Crippen LogP contribution in [0.15, 0.2) is 53.0 Å². The van der Waals surface area contributed by atoms with Gasteiger partial charge >= 0.3 is 6.18 Å². The van der Waals surface area contributed by atoms with Crippen LogP contribution in [0.5, 0.6) is 0 Å². The molecule has 0 saturated carbocycles. The van der Waals surface area contributed by atoms with Crippen LogP contribution in [0.1, 0.15) is 42.5 Å². The number of likely N-dealkylation sites (tertiary alicyclic amines) is 2. The summed E-state index contributed by atoms with van der Waals surface area (Å²) in [6.45, 7) is 2.75. The molecule has 190 valence electrons. The third-order valence-electron chi connectivity index (χ3n) is 7.61. The number of rotatable bonds is 4. The number of amides is 3. The van der Waals surface area contributed by atoms with Crippen molar-refractivity contribution in [2.24, 2.45) is 11.8 Å². The lowest BCUT2D eigenvalue weighted by atomic mass is 9.74. The Bertz CT molecular complexity index is 1200. The van der Waals surface area contributed by atoms with Crippen molar-refractivity contribution in [2.75, 3.05) is 13.1 Å². The summed E-state index contributed by atoms with van der Waals surface area (Å²) in [6.07, 6.45) is -3.49. The molecule has 1 spiro atoms. The van der Waals surface area contributed by atoms with Crippen LogP contribution in [0.2, 0.25) is 0 Å². The quantitative estimate of drug-likeness (QED) is 0.563. The fraction of sp³-hybridized carbons (Fsp3) is 0.423. The Hall–Kier alpha value is -2.72. The first-order valence-electron chi connectivity index (χ1n) is 11.9. The average Bonchev–Trinajstić information content (AvgIpc) is 3.31. The molecule has 3 heterocycles. The number of hydrogen-bond acceptors (Lipinski definition) is 4. The lowest BCUT2D eigenvalue weighted by molar-refractivity contribution is -0.150. The second kappa shape index (κ2) is 8.99. The van der Waals surface area contributed by atoms with Crippen LogP contribution in [0.25, 0.3) is 0 Å². The number of nitrogens with zero attached hydrogens (tertiary/aromatic N) is 2. The molecule has 3 aliphatic rings. The smallest absolute Gasteiger partial charge is 0.337 e. The normalized spacial score (nSPS) is 28.4. The second-order valence-electron chi connectivity index (χ2n) is 9.59. The van der Waals surface area contributed by atoms with E-state index in [-0.39, 0.29) is 18.4 Å². The number of hydrogen-bond donors (Lipinski definition) is 1. The topological polar surface area (TPSA) is 69.7 Å². The molecule has 36 heavy (non-hydrogen) atoms. The molecule has 0 bridgehead atoms. The average molecular weight is 564 g/mol. The van der Waals surface area contributed by atoms with Gasteiger partial charge in [0.2, 0.25) is 17.7 Å². The van der Waals surface area contributed by atoms with Gasteiger partial charge in [-0.1, -0.05) is 40.2 Å². The molecule has 0 aliphatic carbocycles. The van der Waals surface area contributed by atoms with E-state index >= 15 is 0 Å². The van der Waals surface area contributed by atoms with Crippen molar-refractivity contribution in [3.05, 3.63) is 69.7 Å². The zero-order valence-electron chi connectivity index (χ0n) is 19.5. The van der Waals surface area contributed by atoms with Crippen LogP contribution < -0.4 is 5.32 Å². The van der Waals surface area contributed by atoms with Gasteiger partial charge in [-0.05, 0) is 55.2 Å². The Kier molecular flexibility index (Phi) is 6.23. The van der Waals surface area contributed by atoms with Crippen molar-refractivity contribution < 1.29 is 27.6 Å². The van der Waals surface area contributed by atoms with Gasteiger partial charge in [0.1, 0.15) is 5.54 Å². The van der Waals surface area contributed by atoms with Crippen molar-refractivity contribution in [3.8, 4) is 0 Å². The van der Waals surface area contributed by atoms with Crippen molar-refractivity contribution in [3.63, 3.8) is 0 Å². The minimum absolute atomic E-state index is 0.178. The van der Waals surface area contributed by atoms with Crippen LogP contribution in [-0.4, -0.2) is 46.1 Å². The van der Waals surface area contributed by atoms with Gasteiger partial charge in [0.05, 0.1) is 17.4 Å². The highest BCUT2D eigenvalue weighted by molar-refractivity contribution is 9.10. The minimum atomic E-state index is -4.49. The Labute approximate surface area is 214 Å². The van der Waals surface area contributed by atoms with Gasteiger partial charge in [-0.15, -0.1) is 0 Å². The summed E-state index contributed by atoms with van der Waals surface area (Å²) in [5.41, 5.74) is -0.704. The van der Waals surface area contributed by atoms with Gasteiger partial charge in [0, 0.05) is 30.1 Å². The molecule has 4 atom stereocenters. The molecule has 0 unspecified atom stereocenters. The zero-order valence-corrected chi connectivity index (χ0v) is 21.1. The number of benzene rings is 2. The van der Waals surface area contributed by atoms with E-state index in [0.717, 1.165) is 22.2 Å². The van der Waals surface area contributed by atoms with Crippen molar-refractivity contribution in [2.45, 2.75) is 44.1 Å². The summed E-state index contributed by atoms with van der Waals surface area (Å²) in [5, 5.41) is 3.31. The van der Waals surface area contributed by atoms with Crippen molar-refractivity contribution in [1.29, 1.82) is 0 Å². The number of carbonyl (C=O) groups is 3. The first kappa shape index (κ1) is 25.0. The van der Waals surface area contributed by atoms with Gasteiger partial charge < -0.3 is 4.90 Å². The maximum absolute atomic E-state index is 14.0. The number of carbonyl (C=O) groups excluding carboxylic acids is 3. The van der Waals surface area contributed by atoms with E-state index < -0.39 is 41.1 Å². The molecule has 3 saturated heterocycles. The second-order valence-corrected chi connectivity index (χ2v) is 10.5. The molecule has 1 N–H and O–H groups in total. The summed E-state index contributed by atoms with van der Waals surface area (Å²) in [5.74, 6) is -2.80. The highest BCUT2D eigenvalue weighted by atomic mass is 79.9. The van der Waals surface area contributed by atoms with E-state index in [2.05, 4.69) is 21.2 Å². The standard InChI is InChI=1S/C26H25BrF3N3O3/c1-2-33-22(34)19-20(23(33)35)25(31-21(19)16-6-8-17(9-7-16)26(28,29)30)12-3-13-32(24(25)36)14-15-4-10-18(27)11-5-15/h4-11,19-21,31H,2-3,12-14H2,1H3/t19-,20-,21-,25-/m1/s1. The number of piperidine rings is 1. The Morgan fingerprint density at radius 1 is 1.03 bits per heavy atom. The highest BCUT2D eigenvalue weighted by Gasteiger charge is 2.68. The van der Waals surface area contributed by atoms with Crippen LogP contribution in [0.3, 0.4) is 0 Å². The SMILES string of the molecule is CCN1C(=O)[C@H]2[C@@H](c3ccc(C(F)(F)F)cc3)N[C@]3(CCCN(Cc4ccc(Br)cc4)C3=O)[C@H]2C1=O. The van der Waals surface area contributed by atoms with Crippen molar-refractivity contribution >= 4 is 33.7 Å². The number of nitrogens with one attached hydrogen (secondary N) is 1. The minimum Gasteiger partial charge on any atom is -0.337 e. The molecule has 6 nitrogen and oxygen atoms in total. The Balaban J connectivity index is 1.52. The molecule has 2 aromatic rings. The molecular formula is C26H25BrF3N3O3. The predicted octanol–water partition coefficient (Wildman–Crippen LogP) is 4.29. The zero-order chi connectivity index (χ0) is 25.8. The van der Waals surface area contributed by atoms with E-state index in [1.807, 2.05) is 24.3 Å². The van der Waals surface area contributed by atoms with E-state index in [9.17, 15) is 27.6 Å². The van der Waals surface area contributed by atoms with E-state index in [1.165, 1.54) is 17.0 Å². The summed E-state index contributed by atoms with van der Waals surface area (Å²) < 4.78 is 40.3. The van der Waals surface area contributed by atoms with Gasteiger partial charge in [0.15, 0.2) is 0 Å². The summed E-state index contributed by atoms with van der Waals surface area (Å²) >= 11 is 3.40. The Morgan fingerprint density at radius 3 is 2.31 bits per heavy atom.